The molecule has 0 aliphatic carbocycles. The highest BCUT2D eigenvalue weighted by molar-refractivity contribution is 7.14. The summed E-state index contributed by atoms with van der Waals surface area (Å²) in [5, 5.41) is 5.64. The van der Waals surface area contributed by atoms with Gasteiger partial charge in [0.25, 0.3) is 0 Å². The zero-order chi connectivity index (χ0) is 16.9. The Kier molecular flexibility index (Phi) is 5.63. The number of amides is 1. The molecule has 4 nitrogen and oxygen atoms in total. The Balaban J connectivity index is 1.60. The molecule has 1 fully saturated rings. The van der Waals surface area contributed by atoms with Crippen LogP contribution in [0.5, 0.6) is 0 Å². The smallest absolute Gasteiger partial charge is 0.240 e. The van der Waals surface area contributed by atoms with Crippen LogP contribution >= 0.6 is 11.3 Å². The third-order valence-corrected chi connectivity index (χ3v) is 5.38. The largest absolute Gasteiger partial charge is 0.301 e. The zero-order valence-corrected chi connectivity index (χ0v) is 15.3. The van der Waals surface area contributed by atoms with E-state index in [9.17, 15) is 4.79 Å². The van der Waals surface area contributed by atoms with Crippen molar-refractivity contribution in [2.45, 2.75) is 39.5 Å². The van der Waals surface area contributed by atoms with Gasteiger partial charge in [-0.3, -0.25) is 9.69 Å². The quantitative estimate of drug-likeness (QED) is 0.903. The maximum atomic E-state index is 12.3. The van der Waals surface area contributed by atoms with Crippen molar-refractivity contribution in [3.63, 3.8) is 0 Å². The second-order valence-corrected chi connectivity index (χ2v) is 7.43. The highest BCUT2D eigenvalue weighted by atomic mass is 32.1. The fraction of sp³-hybridized carbons (Fsp3) is 0.474. The monoisotopic (exact) mass is 343 g/mol. The van der Waals surface area contributed by atoms with Crippen molar-refractivity contribution >= 4 is 22.4 Å². The lowest BCUT2D eigenvalue weighted by molar-refractivity contribution is -0.117. The molecule has 5 heteroatoms. The SMILES string of the molecule is Cc1ccc(-c2csc(NC(=O)CN3CCCCCC3)n2)cc1C. The number of carbonyl (C=O) groups is 1. The lowest BCUT2D eigenvalue weighted by Crippen LogP contribution is -2.33. The summed E-state index contributed by atoms with van der Waals surface area (Å²) < 4.78 is 0. The van der Waals surface area contributed by atoms with Gasteiger partial charge < -0.3 is 5.32 Å². The first-order chi connectivity index (χ1) is 11.6. The van der Waals surface area contributed by atoms with Crippen molar-refractivity contribution in [2.24, 2.45) is 0 Å². The number of hydrogen-bond donors (Lipinski definition) is 1. The van der Waals surface area contributed by atoms with E-state index in [1.165, 1.54) is 48.1 Å². The van der Waals surface area contributed by atoms with Crippen LogP contribution in [-0.4, -0.2) is 35.4 Å². The van der Waals surface area contributed by atoms with Crippen LogP contribution in [0.1, 0.15) is 36.8 Å². The number of anilines is 1. The van der Waals surface area contributed by atoms with Gasteiger partial charge in [-0.2, -0.15) is 0 Å². The number of nitrogens with zero attached hydrogens (tertiary/aromatic N) is 2. The van der Waals surface area contributed by atoms with E-state index in [2.05, 4.69) is 47.2 Å². The minimum Gasteiger partial charge on any atom is -0.301 e. The summed E-state index contributed by atoms with van der Waals surface area (Å²) in [6, 6.07) is 6.34. The van der Waals surface area contributed by atoms with E-state index in [1.807, 2.05) is 5.38 Å². The normalized spacial score (nSPS) is 15.9. The maximum absolute atomic E-state index is 12.3. The molecule has 2 heterocycles. The van der Waals surface area contributed by atoms with Gasteiger partial charge in [-0.15, -0.1) is 11.3 Å². The Hall–Kier alpha value is -1.72. The van der Waals surface area contributed by atoms with Gasteiger partial charge in [0.1, 0.15) is 0 Å². The number of thiazole rings is 1. The Morgan fingerprint density at radius 3 is 2.62 bits per heavy atom. The highest BCUT2D eigenvalue weighted by Crippen LogP contribution is 2.26. The van der Waals surface area contributed by atoms with Gasteiger partial charge in [0.15, 0.2) is 5.13 Å². The topological polar surface area (TPSA) is 45.2 Å². The van der Waals surface area contributed by atoms with E-state index in [-0.39, 0.29) is 5.91 Å². The van der Waals surface area contributed by atoms with Gasteiger partial charge in [0.2, 0.25) is 5.91 Å². The van der Waals surface area contributed by atoms with Gasteiger partial charge >= 0.3 is 0 Å². The minimum absolute atomic E-state index is 0.0397. The van der Waals surface area contributed by atoms with Gasteiger partial charge in [-0.1, -0.05) is 25.0 Å². The zero-order valence-electron chi connectivity index (χ0n) is 14.5. The summed E-state index contributed by atoms with van der Waals surface area (Å²) in [6.07, 6.45) is 4.96. The number of hydrogen-bond acceptors (Lipinski definition) is 4. The summed E-state index contributed by atoms with van der Waals surface area (Å²) in [7, 11) is 0. The molecule has 128 valence electrons. The number of rotatable bonds is 4. The molecule has 1 aliphatic rings. The highest BCUT2D eigenvalue weighted by Gasteiger charge is 2.14. The van der Waals surface area contributed by atoms with Gasteiger partial charge in [0, 0.05) is 10.9 Å². The maximum Gasteiger partial charge on any atom is 0.240 e. The van der Waals surface area contributed by atoms with Crippen molar-refractivity contribution in [3.05, 3.63) is 34.7 Å². The molecule has 24 heavy (non-hydrogen) atoms. The summed E-state index contributed by atoms with van der Waals surface area (Å²) >= 11 is 1.49. The molecule has 0 atom stereocenters. The average Bonchev–Trinajstić information content (AvgIpc) is 2.86. The fourth-order valence-corrected chi connectivity index (χ4v) is 3.76. The first kappa shape index (κ1) is 17.1. The van der Waals surface area contributed by atoms with Crippen molar-refractivity contribution < 1.29 is 4.79 Å². The van der Waals surface area contributed by atoms with Crippen LogP contribution in [0.25, 0.3) is 11.3 Å². The summed E-state index contributed by atoms with van der Waals surface area (Å²) in [4.78, 5) is 19.1. The van der Waals surface area contributed by atoms with E-state index in [0.29, 0.717) is 11.7 Å². The van der Waals surface area contributed by atoms with E-state index in [1.54, 1.807) is 0 Å². The lowest BCUT2D eigenvalue weighted by atomic mass is 10.1. The van der Waals surface area contributed by atoms with Crippen LogP contribution in [0.15, 0.2) is 23.6 Å². The summed E-state index contributed by atoms with van der Waals surface area (Å²) in [6.45, 7) is 6.74. The Bertz CT molecular complexity index is 702. The number of likely N-dealkylation sites (tertiary alicyclic amines) is 1. The van der Waals surface area contributed by atoms with Crippen LogP contribution < -0.4 is 5.32 Å². The molecule has 0 radical (unpaired) electrons. The first-order valence-electron chi connectivity index (χ1n) is 8.67. The summed E-state index contributed by atoms with van der Waals surface area (Å²) in [5.74, 6) is 0.0397. The molecular formula is C19H25N3OS. The predicted molar refractivity (Wildman–Crippen MR) is 101 cm³/mol. The molecule has 0 bridgehead atoms. The average molecular weight is 343 g/mol. The van der Waals surface area contributed by atoms with Crippen LogP contribution in [0, 0.1) is 13.8 Å². The Labute approximate surface area is 147 Å². The second-order valence-electron chi connectivity index (χ2n) is 6.58. The van der Waals surface area contributed by atoms with Crippen LogP contribution in [0.2, 0.25) is 0 Å². The summed E-state index contributed by atoms with van der Waals surface area (Å²) in [5.41, 5.74) is 4.56. The standard InChI is InChI=1S/C19H25N3OS/c1-14-7-8-16(11-15(14)2)17-13-24-19(20-17)21-18(23)12-22-9-5-3-4-6-10-22/h7-8,11,13H,3-6,9-10,12H2,1-2H3,(H,20,21,23). The molecule has 1 saturated heterocycles. The van der Waals surface area contributed by atoms with Crippen molar-refractivity contribution in [3.8, 4) is 11.3 Å². The fourth-order valence-electron chi connectivity index (χ4n) is 3.02. The molecule has 0 saturated carbocycles. The second kappa shape index (κ2) is 7.90. The number of aromatic nitrogens is 1. The third-order valence-electron chi connectivity index (χ3n) is 4.62. The van der Waals surface area contributed by atoms with Gasteiger partial charge in [-0.25, -0.2) is 4.98 Å². The Morgan fingerprint density at radius 1 is 1.17 bits per heavy atom. The van der Waals surface area contributed by atoms with E-state index < -0.39 is 0 Å². The molecule has 1 amide bonds. The number of carbonyl (C=O) groups excluding carboxylic acids is 1. The number of benzene rings is 1. The molecule has 1 aromatic carbocycles. The Morgan fingerprint density at radius 2 is 1.92 bits per heavy atom. The van der Waals surface area contributed by atoms with Crippen molar-refractivity contribution in [2.75, 3.05) is 25.0 Å². The first-order valence-corrected chi connectivity index (χ1v) is 9.55. The molecular weight excluding hydrogens is 318 g/mol. The molecule has 0 unspecified atom stereocenters. The molecule has 2 aromatic rings. The van der Waals surface area contributed by atoms with Crippen LogP contribution in [-0.2, 0) is 4.79 Å². The van der Waals surface area contributed by atoms with E-state index in [4.69, 9.17) is 0 Å². The molecule has 1 aromatic heterocycles. The van der Waals surface area contributed by atoms with E-state index >= 15 is 0 Å². The van der Waals surface area contributed by atoms with Gasteiger partial charge in [-0.05, 0) is 57.0 Å². The predicted octanol–water partition coefficient (Wildman–Crippen LogP) is 4.24. The number of aryl methyl sites for hydroxylation is 2. The number of nitrogens with one attached hydrogen (secondary N) is 1. The minimum atomic E-state index is 0.0397. The van der Waals surface area contributed by atoms with Gasteiger partial charge in [0.05, 0.1) is 12.2 Å². The van der Waals surface area contributed by atoms with Crippen LogP contribution in [0.3, 0.4) is 0 Å². The third kappa shape index (κ3) is 4.42. The molecule has 1 N–H and O–H groups in total. The van der Waals surface area contributed by atoms with E-state index in [0.717, 1.165) is 24.3 Å². The molecule has 1 aliphatic heterocycles. The molecule has 3 rings (SSSR count). The molecule has 0 spiro atoms. The van der Waals surface area contributed by atoms with Crippen LogP contribution in [0.4, 0.5) is 5.13 Å². The van der Waals surface area contributed by atoms with Crippen molar-refractivity contribution in [1.29, 1.82) is 0 Å². The van der Waals surface area contributed by atoms with Crippen molar-refractivity contribution in [1.82, 2.24) is 9.88 Å². The lowest BCUT2D eigenvalue weighted by Gasteiger charge is -2.18.